The Labute approximate surface area is 245 Å². The van der Waals surface area contributed by atoms with E-state index in [-0.39, 0.29) is 0 Å². The summed E-state index contributed by atoms with van der Waals surface area (Å²) >= 11 is 0. The Morgan fingerprint density at radius 2 is 1.29 bits per heavy atom. The number of pyridine rings is 2. The molecule has 0 fully saturated rings. The smallest absolute Gasteiger partial charge is 0.0541 e. The second-order valence-corrected chi connectivity index (χ2v) is 10.7. The fraction of sp³-hybridized carbons (Fsp3) is 0.314. The van der Waals surface area contributed by atoms with Crippen LogP contribution >= 0.6 is 0 Å². The van der Waals surface area contributed by atoms with Gasteiger partial charge in [0.15, 0.2) is 0 Å². The van der Waals surface area contributed by atoms with Crippen molar-refractivity contribution < 1.29 is 0 Å². The SMILES string of the molecule is C1=C(c2ccccc2)CCN(Cc2ccc(CN(CCNCc3ccccn3)CCNCc3ccccn3)cc2)C1. The Balaban J connectivity index is 1.10. The Morgan fingerprint density at radius 3 is 1.85 bits per heavy atom. The normalized spacial score (nSPS) is 13.8. The maximum atomic E-state index is 4.42. The fourth-order valence-electron chi connectivity index (χ4n) is 5.22. The molecule has 0 aliphatic carbocycles. The van der Waals surface area contributed by atoms with Gasteiger partial charge < -0.3 is 10.6 Å². The van der Waals surface area contributed by atoms with Gasteiger partial charge in [-0.1, -0.05) is 72.8 Å². The quantitative estimate of drug-likeness (QED) is 0.201. The van der Waals surface area contributed by atoms with Crippen molar-refractivity contribution in [3.63, 3.8) is 0 Å². The largest absolute Gasteiger partial charge is 0.310 e. The first-order chi connectivity index (χ1) is 20.3. The van der Waals surface area contributed by atoms with Gasteiger partial charge in [-0.05, 0) is 52.9 Å². The first-order valence-corrected chi connectivity index (χ1v) is 14.8. The highest BCUT2D eigenvalue weighted by molar-refractivity contribution is 5.66. The van der Waals surface area contributed by atoms with E-state index >= 15 is 0 Å². The number of hydrogen-bond acceptors (Lipinski definition) is 6. The molecule has 5 rings (SSSR count). The molecule has 6 nitrogen and oxygen atoms in total. The summed E-state index contributed by atoms with van der Waals surface area (Å²) in [6.07, 6.45) is 7.21. The number of nitrogens with one attached hydrogen (secondary N) is 2. The molecule has 0 amide bonds. The van der Waals surface area contributed by atoms with Crippen LogP contribution in [0.5, 0.6) is 0 Å². The Hall–Kier alpha value is -3.68. The third kappa shape index (κ3) is 9.73. The van der Waals surface area contributed by atoms with Crippen molar-refractivity contribution in [2.24, 2.45) is 0 Å². The molecule has 0 atom stereocenters. The van der Waals surface area contributed by atoms with Crippen molar-refractivity contribution in [1.29, 1.82) is 0 Å². The number of benzene rings is 2. The van der Waals surface area contributed by atoms with Gasteiger partial charge in [0, 0.05) is 77.8 Å². The molecule has 2 N–H and O–H groups in total. The van der Waals surface area contributed by atoms with Gasteiger partial charge in [-0.3, -0.25) is 19.8 Å². The second kappa shape index (κ2) is 15.9. The standard InChI is InChI=1S/C35H42N6/c1-2-8-32(9-3-1)33-16-22-40(23-17-33)28-30-12-14-31(15-13-30)29-41(24-20-36-26-34-10-4-6-18-38-34)25-21-37-27-35-11-5-7-19-39-35/h1-16,18-19,36-37H,17,20-29H2. The molecule has 0 spiro atoms. The molecule has 2 aromatic carbocycles. The molecule has 0 saturated carbocycles. The van der Waals surface area contributed by atoms with Crippen LogP contribution in [0.3, 0.4) is 0 Å². The van der Waals surface area contributed by atoms with Crippen molar-refractivity contribution in [3.8, 4) is 0 Å². The molecule has 2 aromatic heterocycles. The van der Waals surface area contributed by atoms with Gasteiger partial charge in [0.05, 0.1) is 11.4 Å². The van der Waals surface area contributed by atoms with Gasteiger partial charge in [0.1, 0.15) is 0 Å². The lowest BCUT2D eigenvalue weighted by atomic mass is 9.99. The zero-order chi connectivity index (χ0) is 28.0. The minimum Gasteiger partial charge on any atom is -0.310 e. The van der Waals surface area contributed by atoms with E-state index in [4.69, 9.17) is 0 Å². The molecular formula is C35H42N6. The molecule has 3 heterocycles. The Kier molecular flexibility index (Phi) is 11.2. The summed E-state index contributed by atoms with van der Waals surface area (Å²) in [5.41, 5.74) is 7.72. The van der Waals surface area contributed by atoms with Gasteiger partial charge in [0.2, 0.25) is 0 Å². The van der Waals surface area contributed by atoms with E-state index in [0.717, 1.165) is 83.3 Å². The summed E-state index contributed by atoms with van der Waals surface area (Å²) in [4.78, 5) is 13.9. The van der Waals surface area contributed by atoms with E-state index < -0.39 is 0 Å². The van der Waals surface area contributed by atoms with E-state index in [1.165, 1.54) is 22.3 Å². The molecule has 41 heavy (non-hydrogen) atoms. The van der Waals surface area contributed by atoms with Crippen LogP contribution in [-0.2, 0) is 26.2 Å². The maximum Gasteiger partial charge on any atom is 0.0541 e. The van der Waals surface area contributed by atoms with Crippen LogP contribution in [0.2, 0.25) is 0 Å². The maximum absolute atomic E-state index is 4.42. The van der Waals surface area contributed by atoms with Crippen molar-refractivity contribution >= 4 is 5.57 Å². The average molecular weight is 547 g/mol. The van der Waals surface area contributed by atoms with Crippen molar-refractivity contribution in [3.05, 3.63) is 138 Å². The zero-order valence-electron chi connectivity index (χ0n) is 24.0. The van der Waals surface area contributed by atoms with E-state index in [0.29, 0.717) is 0 Å². The van der Waals surface area contributed by atoms with Crippen molar-refractivity contribution in [2.45, 2.75) is 32.6 Å². The highest BCUT2D eigenvalue weighted by atomic mass is 15.2. The first-order valence-electron chi connectivity index (χ1n) is 14.8. The van der Waals surface area contributed by atoms with Gasteiger partial charge in [-0.2, -0.15) is 0 Å². The topological polar surface area (TPSA) is 56.3 Å². The summed E-state index contributed by atoms with van der Waals surface area (Å²) in [6.45, 7) is 9.42. The average Bonchev–Trinajstić information content (AvgIpc) is 3.04. The lowest BCUT2D eigenvalue weighted by molar-refractivity contribution is 0.263. The zero-order valence-corrected chi connectivity index (χ0v) is 24.0. The third-order valence-corrected chi connectivity index (χ3v) is 7.55. The fourth-order valence-corrected chi connectivity index (χ4v) is 5.22. The van der Waals surface area contributed by atoms with Crippen LogP contribution in [0.25, 0.3) is 5.57 Å². The van der Waals surface area contributed by atoms with Crippen LogP contribution in [-0.4, -0.2) is 59.0 Å². The number of rotatable bonds is 15. The Morgan fingerprint density at radius 1 is 0.683 bits per heavy atom. The molecular weight excluding hydrogens is 504 g/mol. The molecule has 0 saturated heterocycles. The van der Waals surface area contributed by atoms with Gasteiger partial charge >= 0.3 is 0 Å². The highest BCUT2D eigenvalue weighted by Crippen LogP contribution is 2.23. The second-order valence-electron chi connectivity index (χ2n) is 10.7. The first kappa shape index (κ1) is 28.8. The van der Waals surface area contributed by atoms with E-state index in [9.17, 15) is 0 Å². The van der Waals surface area contributed by atoms with Crippen molar-refractivity contribution in [2.75, 3.05) is 39.3 Å². The van der Waals surface area contributed by atoms with E-state index in [2.05, 4.69) is 103 Å². The molecule has 6 heteroatoms. The summed E-state index contributed by atoms with van der Waals surface area (Å²) in [5.74, 6) is 0. The van der Waals surface area contributed by atoms with Crippen LogP contribution in [0.15, 0.2) is 109 Å². The molecule has 1 aliphatic rings. The predicted octanol–water partition coefficient (Wildman–Crippen LogP) is 5.15. The molecule has 0 radical (unpaired) electrons. The summed E-state index contributed by atoms with van der Waals surface area (Å²) in [5, 5.41) is 7.12. The number of nitrogens with zero attached hydrogens (tertiary/aromatic N) is 4. The highest BCUT2D eigenvalue weighted by Gasteiger charge is 2.13. The summed E-state index contributed by atoms with van der Waals surface area (Å²) in [7, 11) is 0. The molecule has 0 bridgehead atoms. The van der Waals surface area contributed by atoms with Crippen molar-refractivity contribution in [1.82, 2.24) is 30.4 Å². The van der Waals surface area contributed by atoms with Crippen LogP contribution in [0, 0.1) is 0 Å². The Bertz CT molecular complexity index is 1260. The van der Waals surface area contributed by atoms with Crippen LogP contribution in [0.1, 0.15) is 34.5 Å². The minimum absolute atomic E-state index is 0.792. The lowest BCUT2D eigenvalue weighted by Gasteiger charge is -2.27. The van der Waals surface area contributed by atoms with Crippen LogP contribution < -0.4 is 10.6 Å². The summed E-state index contributed by atoms with van der Waals surface area (Å²) < 4.78 is 0. The van der Waals surface area contributed by atoms with Gasteiger partial charge in [0.25, 0.3) is 0 Å². The molecule has 4 aromatic rings. The summed E-state index contributed by atoms with van der Waals surface area (Å²) in [6, 6.07) is 32.1. The molecule has 1 aliphatic heterocycles. The monoisotopic (exact) mass is 546 g/mol. The number of aromatic nitrogens is 2. The van der Waals surface area contributed by atoms with E-state index in [1.54, 1.807) is 0 Å². The minimum atomic E-state index is 0.792. The lowest BCUT2D eigenvalue weighted by Crippen LogP contribution is -2.36. The van der Waals surface area contributed by atoms with E-state index in [1.807, 2.05) is 36.7 Å². The molecule has 212 valence electrons. The van der Waals surface area contributed by atoms with Gasteiger partial charge in [-0.15, -0.1) is 0 Å². The molecule has 0 unspecified atom stereocenters. The van der Waals surface area contributed by atoms with Crippen LogP contribution in [0.4, 0.5) is 0 Å². The van der Waals surface area contributed by atoms with Gasteiger partial charge in [-0.25, -0.2) is 0 Å². The number of hydrogen-bond donors (Lipinski definition) is 2. The third-order valence-electron chi connectivity index (χ3n) is 7.55. The predicted molar refractivity (Wildman–Crippen MR) is 168 cm³/mol.